The van der Waals surface area contributed by atoms with Crippen molar-refractivity contribution in [3.8, 4) is 0 Å². The third-order valence-corrected chi connectivity index (χ3v) is 4.74. The van der Waals surface area contributed by atoms with Gasteiger partial charge in [0.1, 0.15) is 0 Å². The maximum atomic E-state index is 4.15. The molecule has 0 spiro atoms. The first kappa shape index (κ1) is 16.7. The lowest BCUT2D eigenvalue weighted by molar-refractivity contribution is 0.0374. The maximum absolute atomic E-state index is 4.15. The van der Waals surface area contributed by atoms with Gasteiger partial charge in [-0.15, -0.1) is 6.58 Å². The molecular weight excluding hydrogens is 232 g/mol. The van der Waals surface area contributed by atoms with E-state index >= 15 is 0 Å². The highest BCUT2D eigenvalue weighted by Gasteiger charge is 2.43. The largest absolute Gasteiger partial charge is 0.312 e. The molecular formula is C17H34N2. The predicted molar refractivity (Wildman–Crippen MR) is 85.6 cm³/mol. The minimum Gasteiger partial charge on any atom is -0.312 e. The molecule has 1 N–H and O–H groups in total. The monoisotopic (exact) mass is 266 g/mol. The van der Waals surface area contributed by atoms with Crippen LogP contribution in [0.3, 0.4) is 0 Å². The summed E-state index contributed by atoms with van der Waals surface area (Å²) in [5, 5.41) is 3.81. The molecule has 0 amide bonds. The van der Waals surface area contributed by atoms with Gasteiger partial charge in [-0.2, -0.15) is 0 Å². The van der Waals surface area contributed by atoms with Gasteiger partial charge >= 0.3 is 0 Å². The molecule has 1 fully saturated rings. The summed E-state index contributed by atoms with van der Waals surface area (Å²) in [7, 11) is 4.52. The second-order valence-corrected chi connectivity index (χ2v) is 6.87. The van der Waals surface area contributed by atoms with Crippen molar-refractivity contribution in [1.82, 2.24) is 10.2 Å². The second-order valence-electron chi connectivity index (χ2n) is 6.87. The highest BCUT2D eigenvalue weighted by atomic mass is 15.2. The molecule has 3 unspecified atom stereocenters. The van der Waals surface area contributed by atoms with Crippen LogP contribution in [0, 0.1) is 5.92 Å². The van der Waals surface area contributed by atoms with Crippen LogP contribution >= 0.6 is 0 Å². The zero-order valence-electron chi connectivity index (χ0n) is 13.8. The molecule has 3 atom stereocenters. The van der Waals surface area contributed by atoms with Crippen LogP contribution in [0.5, 0.6) is 0 Å². The number of hydrogen-bond acceptors (Lipinski definition) is 2. The van der Waals surface area contributed by atoms with Crippen molar-refractivity contribution in [1.29, 1.82) is 0 Å². The van der Waals surface area contributed by atoms with Gasteiger partial charge in [0.05, 0.1) is 0 Å². The van der Waals surface area contributed by atoms with E-state index in [0.717, 1.165) is 18.9 Å². The third kappa shape index (κ3) is 4.32. The highest BCUT2D eigenvalue weighted by Crippen LogP contribution is 2.39. The van der Waals surface area contributed by atoms with Crippen LogP contribution in [0.15, 0.2) is 12.2 Å². The molecule has 0 aliphatic heterocycles. The molecule has 0 bridgehead atoms. The normalized spacial score (nSPS) is 29.5. The smallest absolute Gasteiger partial charge is 0.0362 e. The number of rotatable bonds is 7. The molecule has 1 aliphatic rings. The van der Waals surface area contributed by atoms with Crippen LogP contribution in [-0.4, -0.2) is 37.1 Å². The van der Waals surface area contributed by atoms with Gasteiger partial charge in [-0.05, 0) is 59.2 Å². The first-order valence-electron chi connectivity index (χ1n) is 7.97. The number of likely N-dealkylation sites (N-methyl/N-ethyl adjacent to an activating group) is 1. The Morgan fingerprint density at radius 2 is 2.16 bits per heavy atom. The molecule has 0 heterocycles. The maximum Gasteiger partial charge on any atom is 0.0362 e. The average Bonchev–Trinajstić information content (AvgIpc) is 2.33. The summed E-state index contributed by atoms with van der Waals surface area (Å²) in [5.74, 6) is 0.840. The molecule has 1 rings (SSSR count). The van der Waals surface area contributed by atoms with E-state index in [1.807, 2.05) is 0 Å². The van der Waals surface area contributed by atoms with E-state index in [2.05, 4.69) is 51.7 Å². The minimum absolute atomic E-state index is 0.311. The summed E-state index contributed by atoms with van der Waals surface area (Å²) in [5.41, 5.74) is 1.61. The summed E-state index contributed by atoms with van der Waals surface area (Å²) in [6.07, 6.45) is 7.69. The number of hydrogen-bond donors (Lipinski definition) is 1. The molecule has 2 nitrogen and oxygen atoms in total. The van der Waals surface area contributed by atoms with E-state index in [0.29, 0.717) is 11.6 Å². The van der Waals surface area contributed by atoms with E-state index < -0.39 is 0 Å². The molecule has 0 aromatic heterocycles. The number of nitrogens with one attached hydrogen (secondary N) is 1. The lowest BCUT2D eigenvalue weighted by Crippen LogP contribution is -2.61. The quantitative estimate of drug-likeness (QED) is 0.705. The fourth-order valence-corrected chi connectivity index (χ4v) is 3.72. The molecule has 19 heavy (non-hydrogen) atoms. The molecule has 0 aromatic carbocycles. The SMILES string of the molecule is C=C(C)CC(NCCC)C1(N(C)C)CCCC(C)C1. The third-order valence-electron chi connectivity index (χ3n) is 4.74. The van der Waals surface area contributed by atoms with Gasteiger partial charge in [-0.3, -0.25) is 0 Å². The Morgan fingerprint density at radius 3 is 2.63 bits per heavy atom. The lowest BCUT2D eigenvalue weighted by atomic mass is 9.70. The van der Waals surface area contributed by atoms with E-state index in [1.165, 1.54) is 37.7 Å². The first-order chi connectivity index (χ1) is 8.92. The Hall–Kier alpha value is -0.340. The molecule has 1 saturated carbocycles. The van der Waals surface area contributed by atoms with Crippen molar-refractivity contribution < 1.29 is 0 Å². The summed E-state index contributed by atoms with van der Waals surface area (Å²) in [4.78, 5) is 2.49. The topological polar surface area (TPSA) is 15.3 Å². The molecule has 0 radical (unpaired) electrons. The van der Waals surface area contributed by atoms with Gasteiger partial charge in [0, 0.05) is 11.6 Å². The van der Waals surface area contributed by atoms with Gasteiger partial charge in [-0.1, -0.05) is 32.3 Å². The Bertz CT molecular complexity index is 285. The van der Waals surface area contributed by atoms with Gasteiger partial charge in [0.15, 0.2) is 0 Å². The molecule has 0 saturated heterocycles. The molecule has 112 valence electrons. The van der Waals surface area contributed by atoms with Gasteiger partial charge < -0.3 is 10.2 Å². The standard InChI is InChI=1S/C17H34N2/c1-7-11-18-16(12-14(2)3)17(19(5)6)10-8-9-15(4)13-17/h15-16,18H,2,7-13H2,1,3-6H3. The van der Waals surface area contributed by atoms with Crippen LogP contribution < -0.4 is 5.32 Å². The van der Waals surface area contributed by atoms with Crippen molar-refractivity contribution >= 4 is 0 Å². The zero-order chi connectivity index (χ0) is 14.5. The van der Waals surface area contributed by atoms with Crippen LogP contribution in [-0.2, 0) is 0 Å². The van der Waals surface area contributed by atoms with Crippen molar-refractivity contribution in [2.75, 3.05) is 20.6 Å². The van der Waals surface area contributed by atoms with Gasteiger partial charge in [-0.25, -0.2) is 0 Å². The van der Waals surface area contributed by atoms with Crippen LogP contribution in [0.25, 0.3) is 0 Å². The highest BCUT2D eigenvalue weighted by molar-refractivity contribution is 5.07. The molecule has 0 aromatic rings. The average molecular weight is 266 g/mol. The first-order valence-corrected chi connectivity index (χ1v) is 7.97. The van der Waals surface area contributed by atoms with E-state index in [-0.39, 0.29) is 0 Å². The van der Waals surface area contributed by atoms with Crippen molar-refractivity contribution in [2.24, 2.45) is 5.92 Å². The van der Waals surface area contributed by atoms with E-state index in [9.17, 15) is 0 Å². The Balaban J connectivity index is 2.92. The van der Waals surface area contributed by atoms with Gasteiger partial charge in [0.2, 0.25) is 0 Å². The Morgan fingerprint density at radius 1 is 1.47 bits per heavy atom. The zero-order valence-corrected chi connectivity index (χ0v) is 13.8. The second kappa shape index (κ2) is 7.44. The summed E-state index contributed by atoms with van der Waals surface area (Å²) < 4.78 is 0. The summed E-state index contributed by atoms with van der Waals surface area (Å²) in [6.45, 7) is 12.1. The van der Waals surface area contributed by atoms with Gasteiger partial charge in [0.25, 0.3) is 0 Å². The van der Waals surface area contributed by atoms with Crippen molar-refractivity contribution in [3.63, 3.8) is 0 Å². The van der Waals surface area contributed by atoms with Crippen LogP contribution in [0.4, 0.5) is 0 Å². The Kier molecular flexibility index (Phi) is 6.55. The summed E-state index contributed by atoms with van der Waals surface area (Å²) >= 11 is 0. The van der Waals surface area contributed by atoms with Crippen molar-refractivity contribution in [2.45, 2.75) is 70.9 Å². The van der Waals surface area contributed by atoms with E-state index in [1.54, 1.807) is 0 Å². The molecule has 2 heteroatoms. The van der Waals surface area contributed by atoms with Crippen molar-refractivity contribution in [3.05, 3.63) is 12.2 Å². The summed E-state index contributed by atoms with van der Waals surface area (Å²) in [6, 6.07) is 0.544. The van der Waals surface area contributed by atoms with Crippen LogP contribution in [0.2, 0.25) is 0 Å². The lowest BCUT2D eigenvalue weighted by Gasteiger charge is -2.50. The van der Waals surface area contributed by atoms with E-state index in [4.69, 9.17) is 0 Å². The van der Waals surface area contributed by atoms with Crippen LogP contribution in [0.1, 0.15) is 59.3 Å². The fraction of sp³-hybridized carbons (Fsp3) is 0.882. The Labute approximate surface area is 120 Å². The fourth-order valence-electron chi connectivity index (χ4n) is 3.72. The molecule has 1 aliphatic carbocycles. The predicted octanol–water partition coefficient (Wildman–Crippen LogP) is 3.83. The number of nitrogens with zero attached hydrogens (tertiary/aromatic N) is 1. The minimum atomic E-state index is 0.311.